The predicted molar refractivity (Wildman–Crippen MR) is 263 cm³/mol. The minimum Gasteiger partial charge on any atom is -0.456 e. The number of rotatable bonds is 7. The van der Waals surface area contributed by atoms with Gasteiger partial charge in [0.25, 0.3) is 0 Å². The maximum absolute atomic E-state index is 6.57. The highest BCUT2D eigenvalue weighted by Gasteiger charge is 2.35. The molecule has 2 aromatic heterocycles. The second-order valence-corrected chi connectivity index (χ2v) is 17.2. The highest BCUT2D eigenvalue weighted by molar-refractivity contribution is 6.13. The third kappa shape index (κ3) is 6.42. The minimum absolute atomic E-state index is 0.0656. The van der Waals surface area contributed by atoms with Crippen molar-refractivity contribution in [2.24, 2.45) is 0 Å². The van der Waals surface area contributed by atoms with Crippen molar-refractivity contribution in [3.8, 4) is 89.8 Å². The lowest BCUT2D eigenvalue weighted by Gasteiger charge is -2.22. The van der Waals surface area contributed by atoms with Gasteiger partial charge in [-0.05, 0) is 103 Å². The highest BCUT2D eigenvalue weighted by Crippen LogP contribution is 2.49. The molecule has 0 fully saturated rings. The lowest BCUT2D eigenvalue weighted by Crippen LogP contribution is -2.14. The van der Waals surface area contributed by atoms with Crippen LogP contribution in [0, 0.1) is 0 Å². The maximum Gasteiger partial charge on any atom is 0.164 e. The van der Waals surface area contributed by atoms with Crippen molar-refractivity contribution in [1.82, 2.24) is 15.0 Å². The summed E-state index contributed by atoms with van der Waals surface area (Å²) in [6.07, 6.45) is 0. The molecule has 12 rings (SSSR count). The number of hydrogen-bond donors (Lipinski definition) is 0. The summed E-state index contributed by atoms with van der Waals surface area (Å²) in [6.45, 7) is 4.67. The van der Waals surface area contributed by atoms with Crippen LogP contribution in [-0.2, 0) is 5.41 Å². The molecule has 0 spiro atoms. The van der Waals surface area contributed by atoms with Gasteiger partial charge < -0.3 is 4.42 Å². The fourth-order valence-corrected chi connectivity index (χ4v) is 9.62. The van der Waals surface area contributed by atoms with Gasteiger partial charge in [0.2, 0.25) is 0 Å². The first-order chi connectivity index (χ1) is 31.4. The predicted octanol–water partition coefficient (Wildman–Crippen LogP) is 15.7. The van der Waals surface area contributed by atoms with Gasteiger partial charge in [0, 0.05) is 32.9 Å². The number of aromatic nitrogens is 3. The Morgan fingerprint density at radius 2 is 0.781 bits per heavy atom. The molecule has 0 unspecified atom stereocenters. The van der Waals surface area contributed by atoms with E-state index in [9.17, 15) is 0 Å². The molecule has 64 heavy (non-hydrogen) atoms. The fourth-order valence-electron chi connectivity index (χ4n) is 9.62. The minimum atomic E-state index is -0.0656. The quantitative estimate of drug-likeness (QED) is 0.161. The zero-order chi connectivity index (χ0) is 42.8. The van der Waals surface area contributed by atoms with E-state index in [1.165, 1.54) is 33.4 Å². The van der Waals surface area contributed by atoms with Crippen molar-refractivity contribution in [3.63, 3.8) is 0 Å². The average Bonchev–Trinajstić information content (AvgIpc) is 3.85. The number of fused-ring (bicyclic) bond motifs is 6. The lowest BCUT2D eigenvalue weighted by atomic mass is 9.81. The molecule has 2 heterocycles. The standard InChI is InChI=1S/C60H41N3O/c1-60(2)52-24-10-9-22-48(52)49-32-30-46(37-53(49)60)44-20-11-19-43(34-44)45-31-33-54-51(36-45)56-50(23-13-25-55(56)64-54)59-62-57(41-28-26-40(27-29-41)38-14-5-3-6-15-38)61-58(63-59)47-21-12-18-42(35-47)39-16-7-4-8-17-39/h3-37H,1-2H3. The van der Waals surface area contributed by atoms with Gasteiger partial charge in [0.15, 0.2) is 17.5 Å². The Kier molecular flexibility index (Phi) is 8.80. The second-order valence-electron chi connectivity index (χ2n) is 17.2. The van der Waals surface area contributed by atoms with Crippen molar-refractivity contribution in [3.05, 3.63) is 223 Å². The second kappa shape index (κ2) is 15.0. The molecule has 11 aromatic rings. The van der Waals surface area contributed by atoms with Crippen molar-refractivity contribution < 1.29 is 4.42 Å². The van der Waals surface area contributed by atoms with Crippen LogP contribution in [0.15, 0.2) is 217 Å². The smallest absolute Gasteiger partial charge is 0.164 e. The molecular weight excluding hydrogens is 779 g/mol. The molecule has 1 aliphatic rings. The molecule has 0 atom stereocenters. The van der Waals surface area contributed by atoms with E-state index in [-0.39, 0.29) is 5.41 Å². The molecule has 1 aliphatic carbocycles. The van der Waals surface area contributed by atoms with Crippen molar-refractivity contribution in [1.29, 1.82) is 0 Å². The fraction of sp³-hybridized carbons (Fsp3) is 0.0500. The van der Waals surface area contributed by atoms with Crippen LogP contribution in [0.4, 0.5) is 0 Å². The molecule has 0 N–H and O–H groups in total. The summed E-state index contributed by atoms with van der Waals surface area (Å²) in [7, 11) is 0. The van der Waals surface area contributed by atoms with E-state index < -0.39 is 0 Å². The summed E-state index contributed by atoms with van der Waals surface area (Å²) in [5.74, 6) is 1.79. The summed E-state index contributed by atoms with van der Waals surface area (Å²) in [4.78, 5) is 15.6. The topological polar surface area (TPSA) is 51.8 Å². The van der Waals surface area contributed by atoms with Gasteiger partial charge in [-0.1, -0.05) is 190 Å². The number of furan rings is 1. The first-order valence-corrected chi connectivity index (χ1v) is 21.8. The van der Waals surface area contributed by atoms with Crippen LogP contribution < -0.4 is 0 Å². The molecule has 0 saturated carbocycles. The van der Waals surface area contributed by atoms with Crippen molar-refractivity contribution in [2.75, 3.05) is 0 Å². The summed E-state index contributed by atoms with van der Waals surface area (Å²) in [6, 6.07) is 75.0. The zero-order valence-electron chi connectivity index (χ0n) is 35.5. The number of benzene rings is 9. The van der Waals surface area contributed by atoms with Gasteiger partial charge in [-0.15, -0.1) is 0 Å². The summed E-state index contributed by atoms with van der Waals surface area (Å²) in [5, 5.41) is 1.98. The normalized spacial score (nSPS) is 12.7. The third-order valence-corrected chi connectivity index (χ3v) is 13.0. The van der Waals surface area contributed by atoms with E-state index in [1.54, 1.807) is 0 Å². The molecule has 302 valence electrons. The van der Waals surface area contributed by atoms with Crippen LogP contribution in [0.3, 0.4) is 0 Å². The van der Waals surface area contributed by atoms with E-state index in [0.717, 1.165) is 72.0 Å². The summed E-state index contributed by atoms with van der Waals surface area (Å²) < 4.78 is 6.57. The van der Waals surface area contributed by atoms with Crippen LogP contribution in [0.2, 0.25) is 0 Å². The molecule has 0 aliphatic heterocycles. The van der Waals surface area contributed by atoms with Crippen LogP contribution >= 0.6 is 0 Å². The van der Waals surface area contributed by atoms with Gasteiger partial charge >= 0.3 is 0 Å². The first kappa shape index (κ1) is 37.5. The SMILES string of the molecule is CC1(C)c2ccccc2-c2ccc(-c3cccc(-c4ccc5oc6cccc(-c7nc(-c8ccc(-c9ccccc9)cc8)nc(-c8cccc(-c9ccccc9)c8)n7)c6c5c4)c3)cc21. The third-order valence-electron chi connectivity index (χ3n) is 13.0. The van der Waals surface area contributed by atoms with E-state index in [0.29, 0.717) is 17.5 Å². The number of hydrogen-bond acceptors (Lipinski definition) is 4. The molecule has 0 bridgehead atoms. The Bertz CT molecular complexity index is 3570. The van der Waals surface area contributed by atoms with E-state index in [1.807, 2.05) is 24.3 Å². The van der Waals surface area contributed by atoms with Crippen LogP contribution in [-0.4, -0.2) is 15.0 Å². The van der Waals surface area contributed by atoms with Gasteiger partial charge in [-0.25, -0.2) is 15.0 Å². The molecule has 4 heteroatoms. The van der Waals surface area contributed by atoms with Gasteiger partial charge in [-0.2, -0.15) is 0 Å². The van der Waals surface area contributed by atoms with Crippen molar-refractivity contribution in [2.45, 2.75) is 19.3 Å². The van der Waals surface area contributed by atoms with Gasteiger partial charge in [0.05, 0.1) is 0 Å². The van der Waals surface area contributed by atoms with Crippen LogP contribution in [0.25, 0.3) is 112 Å². The molecule has 0 amide bonds. The lowest BCUT2D eigenvalue weighted by molar-refractivity contribution is 0.660. The largest absolute Gasteiger partial charge is 0.456 e. The Morgan fingerprint density at radius 3 is 1.53 bits per heavy atom. The van der Waals surface area contributed by atoms with Crippen LogP contribution in [0.5, 0.6) is 0 Å². The summed E-state index contributed by atoms with van der Waals surface area (Å²) in [5.41, 5.74) is 18.8. The van der Waals surface area contributed by atoms with Gasteiger partial charge in [-0.3, -0.25) is 0 Å². The monoisotopic (exact) mass is 819 g/mol. The Balaban J connectivity index is 0.973. The zero-order valence-corrected chi connectivity index (χ0v) is 35.5. The maximum atomic E-state index is 6.57. The van der Waals surface area contributed by atoms with E-state index in [4.69, 9.17) is 19.4 Å². The Labute approximate surface area is 372 Å². The Morgan fingerprint density at radius 1 is 0.312 bits per heavy atom. The highest BCUT2D eigenvalue weighted by atomic mass is 16.3. The average molecular weight is 820 g/mol. The molecule has 4 nitrogen and oxygen atoms in total. The van der Waals surface area contributed by atoms with Gasteiger partial charge in [0.1, 0.15) is 11.2 Å². The van der Waals surface area contributed by atoms with Crippen LogP contribution in [0.1, 0.15) is 25.0 Å². The molecule has 0 radical (unpaired) electrons. The summed E-state index contributed by atoms with van der Waals surface area (Å²) >= 11 is 0. The molecule has 9 aromatic carbocycles. The molecular formula is C60H41N3O. The number of nitrogens with zero attached hydrogens (tertiary/aromatic N) is 3. The van der Waals surface area contributed by atoms with E-state index >= 15 is 0 Å². The van der Waals surface area contributed by atoms with E-state index in [2.05, 4.69) is 202 Å². The van der Waals surface area contributed by atoms with Crippen molar-refractivity contribution >= 4 is 21.9 Å². The Hall–Kier alpha value is -8.21. The molecule has 0 saturated heterocycles. The first-order valence-electron chi connectivity index (χ1n) is 21.8.